The Labute approximate surface area is 126 Å². The lowest BCUT2D eigenvalue weighted by Crippen LogP contribution is -2.15. The van der Waals surface area contributed by atoms with E-state index >= 15 is 0 Å². The van der Waals surface area contributed by atoms with Crippen molar-refractivity contribution in [3.05, 3.63) is 63.9 Å². The number of halogens is 2. The van der Waals surface area contributed by atoms with E-state index in [1.165, 1.54) is 0 Å². The predicted molar refractivity (Wildman–Crippen MR) is 77.8 cm³/mol. The number of aromatic nitrogens is 1. The third kappa shape index (κ3) is 3.16. The minimum absolute atomic E-state index is 0.00725. The molecule has 1 atom stereocenters. The molecule has 0 fully saturated rings. The molecule has 0 N–H and O–H groups in total. The number of hydrogen-bond donors (Lipinski definition) is 0. The largest absolute Gasteiger partial charge is 0.297 e. The highest BCUT2D eigenvalue weighted by atomic mass is 35.5. The third-order valence-electron chi connectivity index (χ3n) is 2.85. The Kier molecular flexibility index (Phi) is 4.73. The third-order valence-corrected chi connectivity index (χ3v) is 3.56. The van der Waals surface area contributed by atoms with Gasteiger partial charge in [0.05, 0.1) is 11.8 Å². The summed E-state index contributed by atoms with van der Waals surface area (Å²) in [6, 6.07) is 12.1. The summed E-state index contributed by atoms with van der Waals surface area (Å²) in [7, 11) is 0. The fourth-order valence-electron chi connectivity index (χ4n) is 1.83. The second-order valence-corrected chi connectivity index (χ2v) is 4.97. The fraction of sp³-hybridized carbons (Fsp3) is 0.133. The molecule has 1 aromatic carbocycles. The highest BCUT2D eigenvalue weighted by molar-refractivity contribution is 6.36. The zero-order chi connectivity index (χ0) is 14.5. The van der Waals surface area contributed by atoms with E-state index in [4.69, 9.17) is 23.2 Å². The van der Waals surface area contributed by atoms with E-state index in [1.54, 1.807) is 42.6 Å². The van der Waals surface area contributed by atoms with Crippen LogP contribution in [0.15, 0.2) is 42.6 Å². The molecule has 0 bridgehead atoms. The number of carbonyl (C=O) groups excluding carboxylic acids is 1. The minimum atomic E-state index is -0.913. The molecule has 0 aliphatic carbocycles. The van der Waals surface area contributed by atoms with Gasteiger partial charge in [-0.2, -0.15) is 5.26 Å². The summed E-state index contributed by atoms with van der Waals surface area (Å²) in [6.45, 7) is 0. The van der Waals surface area contributed by atoms with E-state index in [1.807, 2.05) is 6.07 Å². The van der Waals surface area contributed by atoms with Gasteiger partial charge in [0, 0.05) is 22.7 Å². The van der Waals surface area contributed by atoms with Gasteiger partial charge in [0.1, 0.15) is 5.92 Å². The Balaban J connectivity index is 2.26. The molecule has 1 aromatic heterocycles. The van der Waals surface area contributed by atoms with E-state index in [0.29, 0.717) is 21.3 Å². The lowest BCUT2D eigenvalue weighted by Gasteiger charge is -2.10. The van der Waals surface area contributed by atoms with Crippen molar-refractivity contribution >= 4 is 29.0 Å². The van der Waals surface area contributed by atoms with Gasteiger partial charge >= 0.3 is 0 Å². The maximum Gasteiger partial charge on any atom is 0.160 e. The molecule has 3 nitrogen and oxygen atoms in total. The predicted octanol–water partition coefficient (Wildman–Crippen LogP) is 3.81. The number of Topliss-reactive ketones (excluding diaryl/α,β-unsaturated/α-hetero) is 1. The Bertz CT molecular complexity index is 645. The minimum Gasteiger partial charge on any atom is -0.297 e. The molecule has 0 aliphatic rings. The van der Waals surface area contributed by atoms with Crippen LogP contribution in [0.2, 0.25) is 10.0 Å². The number of carbonyl (C=O) groups is 1. The quantitative estimate of drug-likeness (QED) is 0.863. The highest BCUT2D eigenvalue weighted by Gasteiger charge is 2.23. The Morgan fingerprint density at radius 3 is 2.45 bits per heavy atom. The van der Waals surface area contributed by atoms with Gasteiger partial charge in [-0.05, 0) is 29.8 Å². The van der Waals surface area contributed by atoms with E-state index in [-0.39, 0.29) is 12.2 Å². The summed E-state index contributed by atoms with van der Waals surface area (Å²) < 4.78 is 0. The topological polar surface area (TPSA) is 53.8 Å². The summed E-state index contributed by atoms with van der Waals surface area (Å²) in [5.74, 6) is -1.19. The summed E-state index contributed by atoms with van der Waals surface area (Å²) in [4.78, 5) is 16.3. The van der Waals surface area contributed by atoms with Gasteiger partial charge in [-0.25, -0.2) is 0 Å². The van der Waals surface area contributed by atoms with Crippen molar-refractivity contribution in [3.63, 3.8) is 0 Å². The first-order chi connectivity index (χ1) is 9.63. The molecule has 0 radical (unpaired) electrons. The monoisotopic (exact) mass is 304 g/mol. The molecule has 0 saturated heterocycles. The van der Waals surface area contributed by atoms with E-state index in [2.05, 4.69) is 4.98 Å². The smallest absolute Gasteiger partial charge is 0.160 e. The highest BCUT2D eigenvalue weighted by Crippen LogP contribution is 2.27. The lowest BCUT2D eigenvalue weighted by molar-refractivity contribution is -0.118. The normalized spacial score (nSPS) is 11.7. The van der Waals surface area contributed by atoms with Crippen molar-refractivity contribution < 1.29 is 4.79 Å². The molecule has 0 spiro atoms. The zero-order valence-corrected chi connectivity index (χ0v) is 11.9. The van der Waals surface area contributed by atoms with Crippen LogP contribution in [0.3, 0.4) is 0 Å². The Hall–Kier alpha value is -1.89. The molecule has 2 aromatic rings. The van der Waals surface area contributed by atoms with E-state index < -0.39 is 5.92 Å². The number of rotatable bonds is 4. The van der Waals surface area contributed by atoms with Gasteiger partial charge in [-0.1, -0.05) is 35.3 Å². The molecule has 2 rings (SSSR count). The van der Waals surface area contributed by atoms with Crippen molar-refractivity contribution in [2.24, 2.45) is 0 Å². The average molecular weight is 305 g/mol. The van der Waals surface area contributed by atoms with Crippen LogP contribution in [0.4, 0.5) is 0 Å². The molecule has 0 unspecified atom stereocenters. The van der Waals surface area contributed by atoms with Crippen LogP contribution in [0.1, 0.15) is 17.2 Å². The molecular weight excluding hydrogens is 295 g/mol. The van der Waals surface area contributed by atoms with Crippen LogP contribution < -0.4 is 0 Å². The number of benzene rings is 1. The Morgan fingerprint density at radius 2 is 1.90 bits per heavy atom. The SMILES string of the molecule is N#C[C@H](C(=O)Cc1c(Cl)cccc1Cl)c1ccccn1. The Morgan fingerprint density at radius 1 is 1.20 bits per heavy atom. The van der Waals surface area contributed by atoms with Gasteiger partial charge in [0.15, 0.2) is 5.78 Å². The number of pyridine rings is 1. The van der Waals surface area contributed by atoms with Crippen LogP contribution in [-0.2, 0) is 11.2 Å². The fourth-order valence-corrected chi connectivity index (χ4v) is 2.36. The summed E-state index contributed by atoms with van der Waals surface area (Å²) in [5, 5.41) is 10.0. The number of ketones is 1. The summed E-state index contributed by atoms with van der Waals surface area (Å²) >= 11 is 12.1. The van der Waals surface area contributed by atoms with Gasteiger partial charge in [0.25, 0.3) is 0 Å². The van der Waals surface area contributed by atoms with Crippen LogP contribution >= 0.6 is 23.2 Å². The maximum atomic E-state index is 12.3. The molecular formula is C15H10Cl2N2O. The summed E-state index contributed by atoms with van der Waals surface area (Å²) in [6.07, 6.45) is 1.56. The molecule has 100 valence electrons. The molecule has 5 heteroatoms. The first-order valence-electron chi connectivity index (χ1n) is 5.89. The first-order valence-corrected chi connectivity index (χ1v) is 6.65. The second-order valence-electron chi connectivity index (χ2n) is 4.16. The van der Waals surface area contributed by atoms with Crippen molar-refractivity contribution in [2.45, 2.75) is 12.3 Å². The number of nitriles is 1. The molecule has 0 saturated carbocycles. The molecule has 1 heterocycles. The van der Waals surface area contributed by atoms with Crippen LogP contribution in [0.5, 0.6) is 0 Å². The molecule has 0 amide bonds. The second kappa shape index (κ2) is 6.51. The molecule has 20 heavy (non-hydrogen) atoms. The average Bonchev–Trinajstić information content (AvgIpc) is 2.45. The first kappa shape index (κ1) is 14.5. The van der Waals surface area contributed by atoms with Gasteiger partial charge in [-0.3, -0.25) is 9.78 Å². The zero-order valence-electron chi connectivity index (χ0n) is 10.4. The number of nitrogens with zero attached hydrogens (tertiary/aromatic N) is 2. The van der Waals surface area contributed by atoms with Crippen LogP contribution in [0, 0.1) is 11.3 Å². The van der Waals surface area contributed by atoms with E-state index in [9.17, 15) is 10.1 Å². The van der Waals surface area contributed by atoms with E-state index in [0.717, 1.165) is 0 Å². The maximum absolute atomic E-state index is 12.3. The van der Waals surface area contributed by atoms with Gasteiger partial charge in [0.2, 0.25) is 0 Å². The van der Waals surface area contributed by atoms with Crippen molar-refractivity contribution in [3.8, 4) is 6.07 Å². The van der Waals surface area contributed by atoms with Crippen molar-refractivity contribution in [1.82, 2.24) is 4.98 Å². The van der Waals surface area contributed by atoms with Crippen molar-refractivity contribution in [2.75, 3.05) is 0 Å². The van der Waals surface area contributed by atoms with Crippen molar-refractivity contribution in [1.29, 1.82) is 5.26 Å². The summed E-state index contributed by atoms with van der Waals surface area (Å²) in [5.41, 5.74) is 0.972. The standard InChI is InChI=1S/C15H10Cl2N2O/c16-12-4-3-5-13(17)10(12)8-15(20)11(9-18)14-6-1-2-7-19-14/h1-7,11H,8H2/t11-/m0/s1. The van der Waals surface area contributed by atoms with Gasteiger partial charge in [-0.15, -0.1) is 0 Å². The van der Waals surface area contributed by atoms with Crippen LogP contribution in [-0.4, -0.2) is 10.8 Å². The molecule has 0 aliphatic heterocycles. The lowest BCUT2D eigenvalue weighted by atomic mass is 9.95. The number of hydrogen-bond acceptors (Lipinski definition) is 3. The van der Waals surface area contributed by atoms with Gasteiger partial charge < -0.3 is 0 Å². The van der Waals surface area contributed by atoms with Crippen LogP contribution in [0.25, 0.3) is 0 Å².